The van der Waals surface area contributed by atoms with Crippen LogP contribution in [0.1, 0.15) is 42.8 Å². The maximum atomic E-state index is 11.6. The van der Waals surface area contributed by atoms with Crippen molar-refractivity contribution in [1.82, 2.24) is 9.55 Å². The Balaban J connectivity index is 1.56. The molecule has 0 saturated heterocycles. The van der Waals surface area contributed by atoms with Gasteiger partial charge in [-0.3, -0.25) is 9.32 Å². The van der Waals surface area contributed by atoms with Gasteiger partial charge in [0.2, 0.25) is 5.91 Å². The second kappa shape index (κ2) is 9.34. The van der Waals surface area contributed by atoms with Crippen LogP contribution in [0.15, 0.2) is 54.9 Å². The van der Waals surface area contributed by atoms with Gasteiger partial charge in [0.1, 0.15) is 11.9 Å². The van der Waals surface area contributed by atoms with Crippen LogP contribution in [0.4, 0.5) is 5.69 Å². The van der Waals surface area contributed by atoms with Gasteiger partial charge in [-0.15, -0.1) is 0 Å². The van der Waals surface area contributed by atoms with Crippen LogP contribution in [0.2, 0.25) is 0 Å². The van der Waals surface area contributed by atoms with Crippen molar-refractivity contribution in [3.8, 4) is 23.0 Å². The summed E-state index contributed by atoms with van der Waals surface area (Å²) in [6, 6.07) is 12.9. The Morgan fingerprint density at radius 1 is 1.18 bits per heavy atom. The zero-order valence-electron chi connectivity index (χ0n) is 18.2. The lowest BCUT2D eigenvalue weighted by molar-refractivity contribution is -0.115. The number of phosphoric acid groups is 1. The Labute approximate surface area is 191 Å². The molecule has 33 heavy (non-hydrogen) atoms. The number of phosphoric ester groups is 1. The Morgan fingerprint density at radius 3 is 2.61 bits per heavy atom. The SMILES string of the molecule is CC(C)c1nccn1[C@@H](C#Cc1ccc(-c2ccc3c(c2)NC(=O)C3)cc1)COP(=O)(O)O. The Bertz CT molecular complexity index is 1280. The van der Waals surface area contributed by atoms with Gasteiger partial charge >= 0.3 is 7.82 Å². The standard InChI is InChI=1S/C24H24N3O5P/c1-16(2)24-25-11-12-27(24)21(15-32-33(29,30)31)10-5-17-3-6-18(7-4-17)19-8-9-20-14-23(28)26-22(20)13-19/h3-4,6-9,11-13,16,21H,14-15H2,1-2H3,(H,26,28)(H2,29,30,31)/t21-/m0/s1. The molecule has 8 nitrogen and oxygen atoms in total. The number of amides is 1. The summed E-state index contributed by atoms with van der Waals surface area (Å²) in [5.41, 5.74) is 4.57. The minimum Gasteiger partial charge on any atom is -0.326 e. The third kappa shape index (κ3) is 5.59. The molecule has 1 amide bonds. The predicted molar refractivity (Wildman–Crippen MR) is 124 cm³/mol. The minimum absolute atomic E-state index is 0.00331. The number of anilines is 1. The molecule has 9 heteroatoms. The lowest BCUT2D eigenvalue weighted by atomic mass is 10.0. The van der Waals surface area contributed by atoms with Crippen LogP contribution < -0.4 is 5.32 Å². The molecule has 0 bridgehead atoms. The normalized spacial score (nSPS) is 13.9. The highest BCUT2D eigenvalue weighted by atomic mass is 31.2. The first-order chi connectivity index (χ1) is 15.7. The molecule has 2 aromatic carbocycles. The number of carbonyl (C=O) groups is 1. The summed E-state index contributed by atoms with van der Waals surface area (Å²) >= 11 is 0. The van der Waals surface area contributed by atoms with Crippen molar-refractivity contribution in [2.24, 2.45) is 0 Å². The van der Waals surface area contributed by atoms with Gasteiger partial charge in [0.05, 0.1) is 13.0 Å². The topological polar surface area (TPSA) is 114 Å². The first kappa shape index (κ1) is 23.0. The van der Waals surface area contributed by atoms with E-state index in [-0.39, 0.29) is 18.4 Å². The Morgan fingerprint density at radius 2 is 1.91 bits per heavy atom. The summed E-state index contributed by atoms with van der Waals surface area (Å²) in [6.07, 6.45) is 3.77. The summed E-state index contributed by atoms with van der Waals surface area (Å²) in [4.78, 5) is 34.2. The molecule has 0 spiro atoms. The number of rotatable bonds is 6. The molecule has 1 aromatic heterocycles. The van der Waals surface area contributed by atoms with Gasteiger partial charge in [-0.05, 0) is 34.9 Å². The largest absolute Gasteiger partial charge is 0.469 e. The third-order valence-electron chi connectivity index (χ3n) is 5.29. The van der Waals surface area contributed by atoms with Gasteiger partial charge in [-0.25, -0.2) is 9.55 Å². The number of nitrogens with one attached hydrogen (secondary N) is 1. The van der Waals surface area contributed by atoms with E-state index >= 15 is 0 Å². The van der Waals surface area contributed by atoms with Crippen LogP contribution in [-0.2, 0) is 20.3 Å². The Kier molecular flexibility index (Phi) is 6.50. The second-order valence-corrected chi connectivity index (χ2v) is 9.33. The molecule has 170 valence electrons. The van der Waals surface area contributed by atoms with Crippen LogP contribution in [-0.4, -0.2) is 31.9 Å². The van der Waals surface area contributed by atoms with Crippen LogP contribution in [0.3, 0.4) is 0 Å². The van der Waals surface area contributed by atoms with E-state index in [1.165, 1.54) is 0 Å². The van der Waals surface area contributed by atoms with Crippen LogP contribution >= 0.6 is 7.82 Å². The number of carbonyl (C=O) groups excluding carboxylic acids is 1. The minimum atomic E-state index is -4.63. The van der Waals surface area contributed by atoms with Gasteiger partial charge in [0.15, 0.2) is 0 Å². The van der Waals surface area contributed by atoms with E-state index in [0.29, 0.717) is 6.42 Å². The Hall–Kier alpha value is -3.21. The highest BCUT2D eigenvalue weighted by Gasteiger charge is 2.21. The number of imidazole rings is 1. The van der Waals surface area contributed by atoms with E-state index in [9.17, 15) is 9.36 Å². The van der Waals surface area contributed by atoms with E-state index in [1.54, 1.807) is 17.0 Å². The highest BCUT2D eigenvalue weighted by Crippen LogP contribution is 2.37. The van der Waals surface area contributed by atoms with Crippen molar-refractivity contribution >= 4 is 19.4 Å². The number of benzene rings is 2. The zero-order chi connectivity index (χ0) is 23.6. The number of fused-ring (bicyclic) bond motifs is 1. The van der Waals surface area contributed by atoms with Crippen molar-refractivity contribution in [2.75, 3.05) is 11.9 Å². The molecule has 1 atom stereocenters. The lowest BCUT2D eigenvalue weighted by Gasteiger charge is -2.17. The molecule has 0 saturated carbocycles. The molecule has 0 aliphatic carbocycles. The van der Waals surface area contributed by atoms with Gasteiger partial charge in [-0.1, -0.05) is 50.0 Å². The second-order valence-electron chi connectivity index (χ2n) is 8.09. The summed E-state index contributed by atoms with van der Waals surface area (Å²) in [5.74, 6) is 7.00. The summed E-state index contributed by atoms with van der Waals surface area (Å²) in [5, 5.41) is 2.86. The smallest absolute Gasteiger partial charge is 0.326 e. The van der Waals surface area contributed by atoms with E-state index in [4.69, 9.17) is 14.3 Å². The molecule has 4 rings (SSSR count). The summed E-state index contributed by atoms with van der Waals surface area (Å²) in [6.45, 7) is 3.69. The van der Waals surface area contributed by atoms with Gasteiger partial charge < -0.3 is 19.7 Å². The summed E-state index contributed by atoms with van der Waals surface area (Å²) < 4.78 is 17.8. The maximum absolute atomic E-state index is 11.6. The van der Waals surface area contributed by atoms with E-state index in [2.05, 4.69) is 22.1 Å². The zero-order valence-corrected chi connectivity index (χ0v) is 19.1. The molecular weight excluding hydrogens is 441 g/mol. The number of hydrogen-bond acceptors (Lipinski definition) is 4. The monoisotopic (exact) mass is 465 g/mol. The first-order valence-electron chi connectivity index (χ1n) is 10.5. The van der Waals surface area contributed by atoms with Crippen molar-refractivity contribution in [2.45, 2.75) is 32.2 Å². The molecule has 0 radical (unpaired) electrons. The number of aromatic nitrogens is 2. The maximum Gasteiger partial charge on any atom is 0.469 e. The van der Waals surface area contributed by atoms with Gasteiger partial charge in [0, 0.05) is 29.6 Å². The van der Waals surface area contributed by atoms with Crippen molar-refractivity contribution in [3.05, 3.63) is 71.8 Å². The average molecular weight is 465 g/mol. The lowest BCUT2D eigenvalue weighted by Crippen LogP contribution is -2.16. The quantitative estimate of drug-likeness (QED) is 0.376. The van der Waals surface area contributed by atoms with Crippen molar-refractivity contribution < 1.29 is 23.7 Å². The predicted octanol–water partition coefficient (Wildman–Crippen LogP) is 3.87. The highest BCUT2D eigenvalue weighted by molar-refractivity contribution is 7.46. The first-order valence-corrected chi connectivity index (χ1v) is 12.0. The number of nitrogens with zero attached hydrogens (tertiary/aromatic N) is 2. The summed E-state index contributed by atoms with van der Waals surface area (Å²) in [7, 11) is -4.63. The fraction of sp³-hybridized carbons (Fsp3) is 0.250. The average Bonchev–Trinajstić information content (AvgIpc) is 3.39. The molecule has 3 aromatic rings. The molecule has 0 fully saturated rings. The van der Waals surface area contributed by atoms with Crippen LogP contribution in [0.5, 0.6) is 0 Å². The third-order valence-corrected chi connectivity index (χ3v) is 5.77. The molecule has 3 N–H and O–H groups in total. The van der Waals surface area contributed by atoms with Gasteiger partial charge in [0.25, 0.3) is 0 Å². The van der Waals surface area contributed by atoms with E-state index in [1.807, 2.05) is 56.3 Å². The molecule has 1 aliphatic rings. The molecule has 1 aliphatic heterocycles. The molecule has 0 unspecified atom stereocenters. The number of hydrogen-bond donors (Lipinski definition) is 3. The fourth-order valence-electron chi connectivity index (χ4n) is 3.70. The van der Waals surface area contributed by atoms with E-state index < -0.39 is 13.9 Å². The van der Waals surface area contributed by atoms with Crippen LogP contribution in [0, 0.1) is 11.8 Å². The van der Waals surface area contributed by atoms with Crippen molar-refractivity contribution in [1.29, 1.82) is 0 Å². The van der Waals surface area contributed by atoms with Crippen LogP contribution in [0.25, 0.3) is 11.1 Å². The fourth-order valence-corrected chi connectivity index (χ4v) is 4.04. The molecular formula is C24H24N3O5P. The van der Waals surface area contributed by atoms with E-state index in [0.717, 1.165) is 33.8 Å². The van der Waals surface area contributed by atoms with Crippen molar-refractivity contribution in [3.63, 3.8) is 0 Å². The van der Waals surface area contributed by atoms with Gasteiger partial charge in [-0.2, -0.15) is 0 Å². The molecule has 2 heterocycles.